The number of halogens is 3. The third kappa shape index (κ3) is 2.63. The molecule has 94 valence electrons. The topological polar surface area (TPSA) is 0 Å². The monoisotopic (exact) mass is 396 g/mol. The third-order valence-corrected chi connectivity index (χ3v) is 8.28. The van der Waals surface area contributed by atoms with E-state index < -0.39 is 0 Å². The molecule has 0 radical (unpaired) electrons. The van der Waals surface area contributed by atoms with Crippen LogP contribution in [-0.4, -0.2) is 0 Å². The van der Waals surface area contributed by atoms with Gasteiger partial charge in [-0.25, -0.2) is 0 Å². The van der Waals surface area contributed by atoms with E-state index in [-0.39, 0.29) is 5.38 Å². The van der Waals surface area contributed by atoms with Gasteiger partial charge in [0.2, 0.25) is 0 Å². The smallest absolute Gasteiger partial charge is 0.0843 e. The molecule has 0 N–H and O–H groups in total. The summed E-state index contributed by atoms with van der Waals surface area (Å²) in [6, 6.07) is 2.17. The molecule has 0 nitrogen and oxygen atoms in total. The maximum absolute atomic E-state index is 6.58. The molecular formula is C13H15Br2ClS. The Kier molecular flexibility index (Phi) is 3.92. The average Bonchev–Trinajstić information content (AvgIpc) is 2.95. The van der Waals surface area contributed by atoms with Crippen LogP contribution in [0.3, 0.4) is 0 Å². The lowest BCUT2D eigenvalue weighted by atomic mass is 9.85. The third-order valence-electron chi connectivity index (χ3n) is 4.37. The summed E-state index contributed by atoms with van der Waals surface area (Å²) in [6.45, 7) is 0. The molecule has 0 saturated heterocycles. The van der Waals surface area contributed by atoms with Crippen molar-refractivity contribution in [1.82, 2.24) is 0 Å². The molecule has 4 atom stereocenters. The molecule has 2 aliphatic carbocycles. The molecule has 2 saturated carbocycles. The first kappa shape index (κ1) is 13.0. The zero-order valence-electron chi connectivity index (χ0n) is 9.46. The van der Waals surface area contributed by atoms with Crippen LogP contribution in [0.25, 0.3) is 0 Å². The first-order valence-electron chi connectivity index (χ1n) is 6.22. The van der Waals surface area contributed by atoms with Gasteiger partial charge in [-0.1, -0.05) is 6.42 Å². The van der Waals surface area contributed by atoms with Gasteiger partial charge in [0.1, 0.15) is 0 Å². The van der Waals surface area contributed by atoms with Crippen LogP contribution in [0.1, 0.15) is 42.4 Å². The predicted octanol–water partition coefficient (Wildman–Crippen LogP) is 6.38. The zero-order chi connectivity index (χ0) is 12.0. The van der Waals surface area contributed by atoms with Crippen molar-refractivity contribution in [2.75, 3.05) is 0 Å². The van der Waals surface area contributed by atoms with Crippen molar-refractivity contribution >= 4 is 54.8 Å². The normalized spacial score (nSPS) is 33.2. The van der Waals surface area contributed by atoms with Gasteiger partial charge >= 0.3 is 0 Å². The SMILES string of the molecule is ClC(CC1CC2CCC1C2)c1cc(Br)c(Br)s1. The van der Waals surface area contributed by atoms with E-state index in [0.717, 1.165) is 26.0 Å². The predicted molar refractivity (Wildman–Crippen MR) is 81.9 cm³/mol. The van der Waals surface area contributed by atoms with Crippen molar-refractivity contribution < 1.29 is 0 Å². The number of fused-ring (bicyclic) bond motifs is 2. The second-order valence-electron chi connectivity index (χ2n) is 5.41. The summed E-state index contributed by atoms with van der Waals surface area (Å²) in [6.07, 6.45) is 7.01. The standard InChI is InChI=1S/C13H15Br2ClS/c14-10-6-12(17-13(10)15)11(16)5-9-4-7-1-2-8(9)3-7/h6-9,11H,1-5H2. The summed E-state index contributed by atoms with van der Waals surface area (Å²) < 4.78 is 2.29. The fourth-order valence-electron chi connectivity index (χ4n) is 3.56. The van der Waals surface area contributed by atoms with E-state index in [1.165, 1.54) is 37.0 Å². The van der Waals surface area contributed by atoms with Crippen molar-refractivity contribution in [3.63, 3.8) is 0 Å². The van der Waals surface area contributed by atoms with Gasteiger partial charge in [-0.15, -0.1) is 22.9 Å². The summed E-state index contributed by atoms with van der Waals surface area (Å²) in [7, 11) is 0. The summed E-state index contributed by atoms with van der Waals surface area (Å²) >= 11 is 15.4. The second kappa shape index (κ2) is 5.15. The molecule has 4 unspecified atom stereocenters. The molecule has 1 aromatic rings. The minimum atomic E-state index is 0.201. The Morgan fingerprint density at radius 1 is 1.35 bits per heavy atom. The Morgan fingerprint density at radius 3 is 2.71 bits per heavy atom. The van der Waals surface area contributed by atoms with E-state index >= 15 is 0 Å². The van der Waals surface area contributed by atoms with Gasteiger partial charge in [0.15, 0.2) is 0 Å². The van der Waals surface area contributed by atoms with Crippen LogP contribution in [-0.2, 0) is 0 Å². The molecule has 2 bridgehead atoms. The van der Waals surface area contributed by atoms with Crippen LogP contribution in [0.15, 0.2) is 14.3 Å². The molecule has 4 heteroatoms. The Labute approximate surface area is 128 Å². The van der Waals surface area contributed by atoms with Gasteiger partial charge in [-0.2, -0.15) is 0 Å². The van der Waals surface area contributed by atoms with Gasteiger partial charge in [-0.05, 0) is 81.4 Å². The number of hydrogen-bond donors (Lipinski definition) is 0. The average molecular weight is 399 g/mol. The lowest BCUT2D eigenvalue weighted by Crippen LogP contribution is -2.12. The van der Waals surface area contributed by atoms with E-state index in [9.17, 15) is 0 Å². The largest absolute Gasteiger partial charge is 0.131 e. The molecule has 2 aliphatic rings. The lowest BCUT2D eigenvalue weighted by molar-refractivity contribution is 0.312. The molecule has 0 spiro atoms. The summed E-state index contributed by atoms with van der Waals surface area (Å²) in [5.41, 5.74) is 0. The number of rotatable bonds is 3. The van der Waals surface area contributed by atoms with E-state index in [0.29, 0.717) is 0 Å². The Morgan fingerprint density at radius 2 is 2.18 bits per heavy atom. The van der Waals surface area contributed by atoms with Crippen molar-refractivity contribution in [3.8, 4) is 0 Å². The molecule has 1 heterocycles. The van der Waals surface area contributed by atoms with E-state index in [2.05, 4.69) is 37.9 Å². The minimum Gasteiger partial charge on any atom is -0.131 e. The molecule has 1 aromatic heterocycles. The molecule has 0 amide bonds. The van der Waals surface area contributed by atoms with Crippen LogP contribution >= 0.6 is 54.8 Å². The molecule has 2 fully saturated rings. The number of hydrogen-bond acceptors (Lipinski definition) is 1. The quantitative estimate of drug-likeness (QED) is 0.518. The highest BCUT2D eigenvalue weighted by molar-refractivity contribution is 9.13. The maximum Gasteiger partial charge on any atom is 0.0843 e. The van der Waals surface area contributed by atoms with Gasteiger partial charge in [0.25, 0.3) is 0 Å². The summed E-state index contributed by atoms with van der Waals surface area (Å²) in [5.74, 6) is 2.89. The van der Waals surface area contributed by atoms with E-state index in [1.54, 1.807) is 11.3 Å². The highest BCUT2D eigenvalue weighted by Crippen LogP contribution is 2.52. The fourth-order valence-corrected chi connectivity index (χ4v) is 6.07. The molecule has 0 aliphatic heterocycles. The van der Waals surface area contributed by atoms with Gasteiger partial charge in [0, 0.05) is 9.35 Å². The van der Waals surface area contributed by atoms with Crippen LogP contribution < -0.4 is 0 Å². The lowest BCUT2D eigenvalue weighted by Gasteiger charge is -2.23. The van der Waals surface area contributed by atoms with Crippen molar-refractivity contribution in [3.05, 3.63) is 19.2 Å². The number of alkyl halides is 1. The second-order valence-corrected chi connectivity index (χ2v) is 9.19. The van der Waals surface area contributed by atoms with Crippen molar-refractivity contribution in [2.24, 2.45) is 17.8 Å². The molecule has 17 heavy (non-hydrogen) atoms. The van der Waals surface area contributed by atoms with Crippen LogP contribution in [0, 0.1) is 17.8 Å². The maximum atomic E-state index is 6.58. The van der Waals surface area contributed by atoms with Crippen LogP contribution in [0.2, 0.25) is 0 Å². The molecule has 0 aromatic carbocycles. The van der Waals surface area contributed by atoms with Gasteiger partial charge in [0.05, 0.1) is 9.16 Å². The molecule has 3 rings (SSSR count). The Hall–Kier alpha value is 0.950. The first-order chi connectivity index (χ1) is 8.13. The minimum absolute atomic E-state index is 0.201. The van der Waals surface area contributed by atoms with Crippen molar-refractivity contribution in [1.29, 1.82) is 0 Å². The van der Waals surface area contributed by atoms with E-state index in [4.69, 9.17) is 11.6 Å². The Balaban J connectivity index is 1.65. The van der Waals surface area contributed by atoms with Crippen LogP contribution in [0.5, 0.6) is 0 Å². The van der Waals surface area contributed by atoms with Gasteiger partial charge < -0.3 is 0 Å². The summed E-state index contributed by atoms with van der Waals surface area (Å²) in [5, 5.41) is 0.201. The number of thiophene rings is 1. The van der Waals surface area contributed by atoms with Crippen molar-refractivity contribution in [2.45, 2.75) is 37.5 Å². The fraction of sp³-hybridized carbons (Fsp3) is 0.692. The highest BCUT2D eigenvalue weighted by Gasteiger charge is 2.40. The molecular weight excluding hydrogens is 383 g/mol. The Bertz CT molecular complexity index is 398. The van der Waals surface area contributed by atoms with Crippen LogP contribution in [0.4, 0.5) is 0 Å². The highest BCUT2D eigenvalue weighted by atomic mass is 79.9. The first-order valence-corrected chi connectivity index (χ1v) is 9.06. The van der Waals surface area contributed by atoms with Gasteiger partial charge in [-0.3, -0.25) is 0 Å². The zero-order valence-corrected chi connectivity index (χ0v) is 14.2. The summed E-state index contributed by atoms with van der Waals surface area (Å²) in [4.78, 5) is 1.30. The van der Waals surface area contributed by atoms with E-state index in [1.807, 2.05) is 0 Å².